The molecule has 1 aromatic heterocycles. The maximum Gasteiger partial charge on any atom is 0.225 e. The summed E-state index contributed by atoms with van der Waals surface area (Å²) in [7, 11) is 0. The van der Waals surface area contributed by atoms with Crippen molar-refractivity contribution in [1.29, 1.82) is 5.26 Å². The lowest BCUT2D eigenvalue weighted by atomic mass is 10.0. The summed E-state index contributed by atoms with van der Waals surface area (Å²) in [5.41, 5.74) is 2.59. The number of amides is 1. The van der Waals surface area contributed by atoms with Crippen molar-refractivity contribution in [3.63, 3.8) is 0 Å². The average Bonchev–Trinajstić information content (AvgIpc) is 3.46. The molecule has 1 aromatic rings. The number of carbonyl (C=O) groups is 1. The standard InChI is InChI=1S/C18H25N5O/c1-3-14-15(12-19)17(21-20-16(14)4-2)22-8-5-9-23(11-10-22)18(24)13-6-7-13/h13H,3-11H2,1-2H3. The van der Waals surface area contributed by atoms with Gasteiger partial charge in [-0.25, -0.2) is 0 Å². The maximum absolute atomic E-state index is 12.3. The molecule has 24 heavy (non-hydrogen) atoms. The van der Waals surface area contributed by atoms with Crippen LogP contribution in [0, 0.1) is 17.2 Å². The van der Waals surface area contributed by atoms with Crippen molar-refractivity contribution in [2.75, 3.05) is 31.1 Å². The van der Waals surface area contributed by atoms with Crippen molar-refractivity contribution in [3.8, 4) is 6.07 Å². The first kappa shape index (κ1) is 16.7. The van der Waals surface area contributed by atoms with Gasteiger partial charge in [0.2, 0.25) is 5.91 Å². The van der Waals surface area contributed by atoms with Crippen molar-refractivity contribution in [2.45, 2.75) is 46.0 Å². The van der Waals surface area contributed by atoms with E-state index in [1.54, 1.807) is 0 Å². The van der Waals surface area contributed by atoms with Crippen LogP contribution in [-0.4, -0.2) is 47.2 Å². The summed E-state index contributed by atoms with van der Waals surface area (Å²) in [6, 6.07) is 2.35. The Morgan fingerprint density at radius 3 is 2.58 bits per heavy atom. The van der Waals surface area contributed by atoms with E-state index in [4.69, 9.17) is 0 Å². The zero-order valence-corrected chi connectivity index (χ0v) is 14.6. The molecule has 0 bridgehead atoms. The normalized spacial score (nSPS) is 18.2. The van der Waals surface area contributed by atoms with Crippen LogP contribution < -0.4 is 4.90 Å². The van der Waals surface area contributed by atoms with Gasteiger partial charge in [0.1, 0.15) is 11.6 Å². The van der Waals surface area contributed by atoms with Crippen molar-refractivity contribution in [1.82, 2.24) is 15.1 Å². The van der Waals surface area contributed by atoms with Crippen molar-refractivity contribution in [3.05, 3.63) is 16.8 Å². The molecule has 0 N–H and O–H groups in total. The number of aromatic nitrogens is 2. The lowest BCUT2D eigenvalue weighted by Gasteiger charge is -2.24. The highest BCUT2D eigenvalue weighted by atomic mass is 16.2. The zero-order valence-electron chi connectivity index (χ0n) is 14.6. The van der Waals surface area contributed by atoms with Crippen LogP contribution in [0.1, 0.15) is 49.9 Å². The second kappa shape index (κ2) is 7.16. The first-order chi connectivity index (χ1) is 11.7. The van der Waals surface area contributed by atoms with Crippen molar-refractivity contribution in [2.24, 2.45) is 5.92 Å². The van der Waals surface area contributed by atoms with Crippen LogP contribution in [0.2, 0.25) is 0 Å². The predicted molar refractivity (Wildman–Crippen MR) is 91.6 cm³/mol. The number of nitrogens with zero attached hydrogens (tertiary/aromatic N) is 5. The molecule has 0 spiro atoms. The quantitative estimate of drug-likeness (QED) is 0.845. The SMILES string of the molecule is CCc1nnc(N2CCCN(C(=O)C3CC3)CC2)c(C#N)c1CC. The Labute approximate surface area is 143 Å². The summed E-state index contributed by atoms with van der Waals surface area (Å²) >= 11 is 0. The van der Waals surface area contributed by atoms with Gasteiger partial charge >= 0.3 is 0 Å². The van der Waals surface area contributed by atoms with E-state index in [1.807, 2.05) is 11.8 Å². The van der Waals surface area contributed by atoms with Crippen molar-refractivity contribution < 1.29 is 4.79 Å². The lowest BCUT2D eigenvalue weighted by molar-refractivity contribution is -0.132. The minimum atomic E-state index is 0.265. The van der Waals surface area contributed by atoms with E-state index in [0.717, 1.165) is 63.0 Å². The largest absolute Gasteiger partial charge is 0.352 e. The van der Waals surface area contributed by atoms with E-state index in [1.165, 1.54) is 0 Å². The number of nitriles is 1. The van der Waals surface area contributed by atoms with Crippen LogP contribution in [0.15, 0.2) is 0 Å². The van der Waals surface area contributed by atoms with Gasteiger partial charge in [-0.2, -0.15) is 10.4 Å². The predicted octanol–water partition coefficient (Wildman–Crippen LogP) is 1.92. The molecule has 6 heteroatoms. The summed E-state index contributed by atoms with van der Waals surface area (Å²) < 4.78 is 0. The van der Waals surface area contributed by atoms with E-state index >= 15 is 0 Å². The van der Waals surface area contributed by atoms with Gasteiger partial charge in [-0.15, -0.1) is 5.10 Å². The lowest BCUT2D eigenvalue weighted by Crippen LogP contribution is -2.36. The minimum absolute atomic E-state index is 0.265. The van der Waals surface area contributed by atoms with Crippen LogP contribution in [0.3, 0.4) is 0 Å². The minimum Gasteiger partial charge on any atom is -0.352 e. The van der Waals surface area contributed by atoms with Gasteiger partial charge < -0.3 is 9.80 Å². The molecular weight excluding hydrogens is 302 g/mol. The van der Waals surface area contributed by atoms with Gasteiger partial charge in [0.15, 0.2) is 5.82 Å². The Morgan fingerprint density at radius 2 is 1.96 bits per heavy atom. The topological polar surface area (TPSA) is 73.1 Å². The molecule has 128 valence electrons. The maximum atomic E-state index is 12.3. The third-order valence-electron chi connectivity index (χ3n) is 4.97. The van der Waals surface area contributed by atoms with Crippen LogP contribution >= 0.6 is 0 Å². The molecule has 1 saturated carbocycles. The van der Waals surface area contributed by atoms with Gasteiger partial charge in [-0.1, -0.05) is 13.8 Å². The molecular formula is C18H25N5O. The molecule has 1 aliphatic carbocycles. The average molecular weight is 327 g/mol. The molecule has 2 fully saturated rings. The van der Waals surface area contributed by atoms with E-state index < -0.39 is 0 Å². The summed E-state index contributed by atoms with van der Waals surface area (Å²) in [6.07, 6.45) is 4.56. The molecule has 1 saturated heterocycles. The van der Waals surface area contributed by atoms with Gasteiger partial charge in [0.05, 0.1) is 5.69 Å². The smallest absolute Gasteiger partial charge is 0.225 e. The molecule has 2 aliphatic rings. The van der Waals surface area contributed by atoms with Crippen molar-refractivity contribution >= 4 is 11.7 Å². The van der Waals surface area contributed by atoms with Crippen LogP contribution in [-0.2, 0) is 17.6 Å². The van der Waals surface area contributed by atoms with Crippen LogP contribution in [0.4, 0.5) is 5.82 Å². The Balaban J connectivity index is 1.81. The monoisotopic (exact) mass is 327 g/mol. The summed E-state index contributed by atoms with van der Waals surface area (Å²) in [5.74, 6) is 1.26. The second-order valence-corrected chi connectivity index (χ2v) is 6.58. The Bertz CT molecular complexity index is 662. The molecule has 0 unspecified atom stereocenters. The highest BCUT2D eigenvalue weighted by Crippen LogP contribution is 2.31. The van der Waals surface area contributed by atoms with Gasteiger partial charge in [0, 0.05) is 32.1 Å². The van der Waals surface area contributed by atoms with E-state index in [0.29, 0.717) is 23.8 Å². The molecule has 0 atom stereocenters. The second-order valence-electron chi connectivity index (χ2n) is 6.58. The molecule has 0 radical (unpaired) electrons. The summed E-state index contributed by atoms with van der Waals surface area (Å²) in [6.45, 7) is 7.13. The molecule has 1 amide bonds. The highest BCUT2D eigenvalue weighted by molar-refractivity contribution is 5.81. The van der Waals surface area contributed by atoms with Crippen LogP contribution in [0.25, 0.3) is 0 Å². The number of carbonyl (C=O) groups excluding carboxylic acids is 1. The van der Waals surface area contributed by atoms with Gasteiger partial charge in [-0.05, 0) is 37.7 Å². The third kappa shape index (κ3) is 3.21. The first-order valence-electron chi connectivity index (χ1n) is 9.01. The number of hydrogen-bond acceptors (Lipinski definition) is 5. The number of rotatable bonds is 4. The fourth-order valence-corrected chi connectivity index (χ4v) is 3.44. The Morgan fingerprint density at radius 1 is 1.17 bits per heavy atom. The highest BCUT2D eigenvalue weighted by Gasteiger charge is 2.34. The summed E-state index contributed by atoms with van der Waals surface area (Å²) in [4.78, 5) is 16.4. The summed E-state index contributed by atoms with van der Waals surface area (Å²) in [5, 5.41) is 18.4. The number of aryl methyl sites for hydroxylation is 1. The molecule has 0 aromatic carbocycles. The van der Waals surface area contributed by atoms with Gasteiger partial charge in [0.25, 0.3) is 0 Å². The van der Waals surface area contributed by atoms with E-state index in [-0.39, 0.29) is 5.92 Å². The third-order valence-corrected chi connectivity index (χ3v) is 4.97. The van der Waals surface area contributed by atoms with E-state index in [9.17, 15) is 10.1 Å². The Kier molecular flexibility index (Phi) is 4.98. The van der Waals surface area contributed by atoms with Gasteiger partial charge in [-0.3, -0.25) is 4.79 Å². The molecule has 3 rings (SSSR count). The first-order valence-corrected chi connectivity index (χ1v) is 9.01. The number of hydrogen-bond donors (Lipinski definition) is 0. The number of anilines is 1. The molecule has 1 aliphatic heterocycles. The van der Waals surface area contributed by atoms with E-state index in [2.05, 4.69) is 28.1 Å². The fraction of sp³-hybridized carbons (Fsp3) is 0.667. The fourth-order valence-electron chi connectivity index (χ4n) is 3.44. The zero-order chi connectivity index (χ0) is 17.1. The van der Waals surface area contributed by atoms with Crippen LogP contribution in [0.5, 0.6) is 0 Å². The Hall–Kier alpha value is -2.16. The molecule has 6 nitrogen and oxygen atoms in total. The molecule has 2 heterocycles.